The third-order valence-electron chi connectivity index (χ3n) is 6.86. The smallest absolute Gasteiger partial charge is 0.268 e. The number of rotatable bonds is 10. The minimum absolute atomic E-state index is 0.0273. The standard InChI is InChI=1S/C28H27N7O4S/c1-2-26(36)34-10-3-4-19(34)16-35-21-6-5-18(13-29-15-25-31-9-11-38-25)12-20(21)32-28(35)33-27(37)24-8-7-23(40-24)22-14-30-17-39-22/h2,5-9,11-12,14,17,19,29H,1,3-4,10,13,15-16H2,(H,32,33,37). The summed E-state index contributed by atoms with van der Waals surface area (Å²) in [6.07, 6.45) is 9.27. The maximum Gasteiger partial charge on any atom is 0.268 e. The van der Waals surface area contributed by atoms with Crippen LogP contribution in [0.5, 0.6) is 0 Å². The molecular formula is C28H27N7O4S. The molecule has 1 atom stereocenters. The number of carbonyl (C=O) groups is 2. The van der Waals surface area contributed by atoms with Gasteiger partial charge in [0.25, 0.3) is 5.91 Å². The molecule has 1 saturated heterocycles. The van der Waals surface area contributed by atoms with Crippen molar-refractivity contribution in [1.82, 2.24) is 29.7 Å². The Labute approximate surface area is 233 Å². The van der Waals surface area contributed by atoms with Gasteiger partial charge in [0.15, 0.2) is 12.2 Å². The number of fused-ring (bicyclic) bond motifs is 1. The molecule has 12 heteroatoms. The number of imidazole rings is 1. The molecular weight excluding hydrogens is 530 g/mol. The van der Waals surface area contributed by atoms with Crippen molar-refractivity contribution in [3.05, 3.63) is 84.4 Å². The predicted molar refractivity (Wildman–Crippen MR) is 149 cm³/mol. The summed E-state index contributed by atoms with van der Waals surface area (Å²) in [7, 11) is 0. The zero-order valence-corrected chi connectivity index (χ0v) is 22.4. The largest absolute Gasteiger partial charge is 0.448 e. The van der Waals surface area contributed by atoms with E-state index in [1.54, 1.807) is 24.7 Å². The van der Waals surface area contributed by atoms with Crippen molar-refractivity contribution in [3.63, 3.8) is 0 Å². The van der Waals surface area contributed by atoms with E-state index in [2.05, 4.69) is 27.2 Å². The third kappa shape index (κ3) is 5.31. The second-order valence-corrected chi connectivity index (χ2v) is 10.5. The molecule has 0 aliphatic carbocycles. The first-order valence-corrected chi connectivity index (χ1v) is 13.7. The van der Waals surface area contributed by atoms with E-state index in [4.69, 9.17) is 13.8 Å². The number of thiophene rings is 1. The van der Waals surface area contributed by atoms with Crippen LogP contribution < -0.4 is 10.6 Å². The second-order valence-electron chi connectivity index (χ2n) is 9.41. The minimum Gasteiger partial charge on any atom is -0.448 e. The summed E-state index contributed by atoms with van der Waals surface area (Å²) < 4.78 is 12.6. The van der Waals surface area contributed by atoms with Crippen molar-refractivity contribution in [2.75, 3.05) is 11.9 Å². The average molecular weight is 558 g/mol. The summed E-state index contributed by atoms with van der Waals surface area (Å²) in [5, 5.41) is 6.32. The van der Waals surface area contributed by atoms with Crippen molar-refractivity contribution >= 4 is 40.1 Å². The van der Waals surface area contributed by atoms with Gasteiger partial charge >= 0.3 is 0 Å². The maximum absolute atomic E-state index is 13.3. The Kier molecular flexibility index (Phi) is 7.25. The van der Waals surface area contributed by atoms with Crippen LogP contribution in [-0.4, -0.2) is 48.8 Å². The Balaban J connectivity index is 1.27. The molecule has 1 unspecified atom stereocenters. The van der Waals surface area contributed by atoms with Crippen LogP contribution in [0.15, 0.2) is 76.9 Å². The fraction of sp³-hybridized carbons (Fsp3) is 0.250. The van der Waals surface area contributed by atoms with E-state index in [9.17, 15) is 9.59 Å². The van der Waals surface area contributed by atoms with Crippen molar-refractivity contribution in [2.45, 2.75) is 38.5 Å². The summed E-state index contributed by atoms with van der Waals surface area (Å²) in [6.45, 7) is 5.94. The number of hydrogen-bond donors (Lipinski definition) is 2. The van der Waals surface area contributed by atoms with Gasteiger partial charge in [-0.2, -0.15) is 0 Å². The summed E-state index contributed by atoms with van der Waals surface area (Å²) in [5.41, 5.74) is 2.65. The molecule has 1 fully saturated rings. The van der Waals surface area contributed by atoms with Gasteiger partial charge in [-0.3, -0.25) is 14.9 Å². The van der Waals surface area contributed by atoms with Gasteiger partial charge in [-0.25, -0.2) is 15.0 Å². The SMILES string of the molecule is C=CC(=O)N1CCCC1Cn1c(NC(=O)c2ccc(-c3cnco3)s2)nc2cc(CNCc3ncco3)ccc21. The topological polar surface area (TPSA) is 131 Å². The summed E-state index contributed by atoms with van der Waals surface area (Å²) in [5.74, 6) is 1.29. The van der Waals surface area contributed by atoms with Crippen LogP contribution in [-0.2, 0) is 24.4 Å². The Morgan fingerprint density at radius 3 is 2.92 bits per heavy atom. The number of likely N-dealkylation sites (tertiary alicyclic amines) is 1. The van der Waals surface area contributed by atoms with E-state index in [-0.39, 0.29) is 17.9 Å². The highest BCUT2D eigenvalue weighted by Gasteiger charge is 2.29. The molecule has 2 amide bonds. The van der Waals surface area contributed by atoms with E-state index >= 15 is 0 Å². The lowest BCUT2D eigenvalue weighted by Crippen LogP contribution is -2.37. The van der Waals surface area contributed by atoms with Crippen LogP contribution in [0, 0.1) is 0 Å². The Bertz CT molecular complexity index is 1640. The summed E-state index contributed by atoms with van der Waals surface area (Å²) in [6, 6.07) is 9.58. The van der Waals surface area contributed by atoms with E-state index in [1.807, 2.05) is 33.7 Å². The van der Waals surface area contributed by atoms with Gasteiger partial charge in [-0.05, 0) is 48.7 Å². The normalized spacial score (nSPS) is 15.1. The molecule has 1 aromatic carbocycles. The van der Waals surface area contributed by atoms with Crippen molar-refractivity contribution in [2.24, 2.45) is 0 Å². The first-order valence-electron chi connectivity index (χ1n) is 12.9. The number of aromatic nitrogens is 4. The molecule has 204 valence electrons. The average Bonchev–Trinajstić information content (AvgIpc) is 3.79. The van der Waals surface area contributed by atoms with Crippen molar-refractivity contribution in [3.8, 4) is 10.6 Å². The lowest BCUT2D eigenvalue weighted by molar-refractivity contribution is -0.126. The highest BCUT2D eigenvalue weighted by molar-refractivity contribution is 7.17. The van der Waals surface area contributed by atoms with Gasteiger partial charge in [0.2, 0.25) is 17.7 Å². The number of benzene rings is 1. The molecule has 6 rings (SSSR count). The molecule has 40 heavy (non-hydrogen) atoms. The number of amides is 2. The quantitative estimate of drug-likeness (QED) is 0.241. The first kappa shape index (κ1) is 25.7. The molecule has 5 heterocycles. The van der Waals surface area contributed by atoms with E-state index in [1.165, 1.54) is 23.8 Å². The van der Waals surface area contributed by atoms with Crippen LogP contribution in [0.2, 0.25) is 0 Å². The van der Waals surface area contributed by atoms with Crippen LogP contribution in [0.3, 0.4) is 0 Å². The zero-order valence-electron chi connectivity index (χ0n) is 21.6. The lowest BCUT2D eigenvalue weighted by Gasteiger charge is -2.24. The minimum atomic E-state index is -0.273. The van der Waals surface area contributed by atoms with Gasteiger partial charge in [-0.15, -0.1) is 11.3 Å². The molecule has 1 aliphatic heterocycles. The van der Waals surface area contributed by atoms with Crippen LogP contribution in [0.4, 0.5) is 5.95 Å². The highest BCUT2D eigenvalue weighted by Crippen LogP contribution is 2.30. The number of oxazole rings is 2. The van der Waals surface area contributed by atoms with Crippen LogP contribution >= 0.6 is 11.3 Å². The van der Waals surface area contributed by atoms with Crippen LogP contribution in [0.25, 0.3) is 21.7 Å². The molecule has 1 aliphatic rings. The van der Waals surface area contributed by atoms with Gasteiger partial charge in [0.1, 0.15) is 6.26 Å². The second kappa shape index (κ2) is 11.3. The lowest BCUT2D eigenvalue weighted by atomic mass is 10.2. The third-order valence-corrected chi connectivity index (χ3v) is 7.96. The molecule has 5 aromatic rings. The van der Waals surface area contributed by atoms with Crippen molar-refractivity contribution < 1.29 is 18.4 Å². The molecule has 0 radical (unpaired) electrons. The van der Waals surface area contributed by atoms with Crippen molar-refractivity contribution in [1.29, 1.82) is 0 Å². The predicted octanol–water partition coefficient (Wildman–Crippen LogP) is 4.46. The molecule has 4 aromatic heterocycles. The van der Waals surface area contributed by atoms with Gasteiger partial charge in [0, 0.05) is 19.6 Å². The maximum atomic E-state index is 13.3. The number of nitrogens with one attached hydrogen (secondary N) is 2. The van der Waals surface area contributed by atoms with Gasteiger partial charge < -0.3 is 23.6 Å². The summed E-state index contributed by atoms with van der Waals surface area (Å²) >= 11 is 1.31. The highest BCUT2D eigenvalue weighted by atomic mass is 32.1. The molecule has 0 saturated carbocycles. The number of hydrogen-bond acceptors (Lipinski definition) is 9. The zero-order chi connectivity index (χ0) is 27.5. The number of nitrogens with zero attached hydrogens (tertiary/aromatic N) is 5. The summed E-state index contributed by atoms with van der Waals surface area (Å²) in [4.78, 5) is 41.8. The fourth-order valence-corrected chi connectivity index (χ4v) is 5.81. The van der Waals surface area contributed by atoms with E-state index in [0.29, 0.717) is 48.7 Å². The number of carbonyl (C=O) groups excluding carboxylic acids is 2. The van der Waals surface area contributed by atoms with Crippen LogP contribution in [0.1, 0.15) is 34.0 Å². The molecule has 0 spiro atoms. The first-order chi connectivity index (χ1) is 19.6. The Morgan fingerprint density at radius 2 is 2.12 bits per heavy atom. The number of anilines is 1. The van der Waals surface area contributed by atoms with E-state index in [0.717, 1.165) is 34.3 Å². The van der Waals surface area contributed by atoms with E-state index < -0.39 is 0 Å². The monoisotopic (exact) mass is 557 g/mol. The fourth-order valence-electron chi connectivity index (χ4n) is 4.96. The molecule has 0 bridgehead atoms. The van der Waals surface area contributed by atoms with Gasteiger partial charge in [-0.1, -0.05) is 12.6 Å². The Hall–Kier alpha value is -4.55. The Morgan fingerprint density at radius 1 is 1.20 bits per heavy atom. The molecule has 2 N–H and O–H groups in total. The van der Waals surface area contributed by atoms with Gasteiger partial charge in [0.05, 0.1) is 45.8 Å². The molecule has 11 nitrogen and oxygen atoms in total.